The summed E-state index contributed by atoms with van der Waals surface area (Å²) < 4.78 is 12.0. The third-order valence-electron chi connectivity index (χ3n) is 2.60. The van der Waals surface area contributed by atoms with E-state index in [2.05, 4.69) is 37.2 Å². The molecule has 1 rings (SSSR count). The largest absolute Gasteiger partial charge is 0.494 e. The quantitative estimate of drug-likeness (QED) is 0.663. The van der Waals surface area contributed by atoms with Crippen molar-refractivity contribution in [2.45, 2.75) is 19.1 Å². The Labute approximate surface area is 130 Å². The number of hydrogen-bond acceptors (Lipinski definition) is 4. The van der Waals surface area contributed by atoms with E-state index < -0.39 is 6.10 Å². The molecule has 2 N–H and O–H groups in total. The molecule has 6 heteroatoms. The van der Waals surface area contributed by atoms with Crippen LogP contribution >= 0.6 is 31.9 Å². The lowest BCUT2D eigenvalue weighted by atomic mass is 10.2. The maximum atomic E-state index is 9.51. The molecule has 0 amide bonds. The molecule has 0 aliphatic heterocycles. The van der Waals surface area contributed by atoms with Crippen LogP contribution in [0.1, 0.15) is 12.0 Å². The monoisotopic (exact) mass is 395 g/mol. The van der Waals surface area contributed by atoms with Crippen LogP contribution in [0.5, 0.6) is 5.75 Å². The highest BCUT2D eigenvalue weighted by molar-refractivity contribution is 9.11. The predicted molar refractivity (Wildman–Crippen MR) is 82.6 cm³/mol. The first kappa shape index (κ1) is 16.9. The van der Waals surface area contributed by atoms with E-state index in [1.165, 1.54) is 0 Å². The summed E-state index contributed by atoms with van der Waals surface area (Å²) in [6.07, 6.45) is 0.263. The molecule has 0 aromatic heterocycles. The van der Waals surface area contributed by atoms with E-state index in [1.54, 1.807) is 14.2 Å². The van der Waals surface area contributed by atoms with Gasteiger partial charge in [0.25, 0.3) is 0 Å². The number of halogens is 2. The highest BCUT2D eigenvalue weighted by atomic mass is 79.9. The second-order valence-corrected chi connectivity index (χ2v) is 5.88. The van der Waals surface area contributed by atoms with Crippen LogP contribution in [0, 0.1) is 0 Å². The summed E-state index contributed by atoms with van der Waals surface area (Å²) in [5.74, 6) is 0.791. The van der Waals surface area contributed by atoms with Gasteiger partial charge in [-0.1, -0.05) is 0 Å². The van der Waals surface area contributed by atoms with Crippen molar-refractivity contribution in [1.29, 1.82) is 0 Å². The molecule has 0 radical (unpaired) electrons. The number of rotatable bonds is 8. The molecule has 0 saturated heterocycles. The zero-order chi connectivity index (χ0) is 14.3. The molecule has 1 aromatic rings. The average molecular weight is 397 g/mol. The van der Waals surface area contributed by atoms with Crippen molar-refractivity contribution in [1.82, 2.24) is 5.32 Å². The summed E-state index contributed by atoms with van der Waals surface area (Å²) in [4.78, 5) is 0. The Morgan fingerprint density at radius 1 is 1.26 bits per heavy atom. The van der Waals surface area contributed by atoms with E-state index in [4.69, 9.17) is 9.47 Å². The van der Waals surface area contributed by atoms with E-state index in [9.17, 15) is 5.11 Å². The zero-order valence-electron chi connectivity index (χ0n) is 11.1. The Bertz CT molecular complexity index is 378. The standard InChI is InChI=1S/C13H19Br2NO3/c1-18-8-10(17)3-4-16-7-9-5-11(14)13(19-2)12(15)6-9/h5-6,10,16-17H,3-4,7-8H2,1-2H3. The summed E-state index contributed by atoms with van der Waals surface area (Å²) in [6, 6.07) is 4.03. The molecule has 0 saturated carbocycles. The third kappa shape index (κ3) is 5.79. The molecule has 1 unspecified atom stereocenters. The van der Waals surface area contributed by atoms with Crippen LogP contribution in [0.4, 0.5) is 0 Å². The summed E-state index contributed by atoms with van der Waals surface area (Å²) in [5.41, 5.74) is 1.14. The molecule has 19 heavy (non-hydrogen) atoms. The van der Waals surface area contributed by atoms with Gasteiger partial charge in [-0.2, -0.15) is 0 Å². The van der Waals surface area contributed by atoms with Gasteiger partial charge in [0.2, 0.25) is 0 Å². The maximum Gasteiger partial charge on any atom is 0.147 e. The van der Waals surface area contributed by atoms with Gasteiger partial charge in [0, 0.05) is 13.7 Å². The molecule has 0 heterocycles. The Morgan fingerprint density at radius 2 is 1.89 bits per heavy atom. The van der Waals surface area contributed by atoms with Gasteiger partial charge in [-0.3, -0.25) is 0 Å². The molecule has 0 bridgehead atoms. The van der Waals surface area contributed by atoms with Crippen molar-refractivity contribution in [2.24, 2.45) is 0 Å². The summed E-state index contributed by atoms with van der Waals surface area (Å²) in [6.45, 7) is 1.86. The number of nitrogens with one attached hydrogen (secondary N) is 1. The maximum absolute atomic E-state index is 9.51. The highest BCUT2D eigenvalue weighted by Crippen LogP contribution is 2.34. The smallest absolute Gasteiger partial charge is 0.147 e. The first-order chi connectivity index (χ1) is 9.08. The topological polar surface area (TPSA) is 50.7 Å². The van der Waals surface area contributed by atoms with Crippen LogP contribution in [-0.2, 0) is 11.3 Å². The first-order valence-corrected chi connectivity index (χ1v) is 7.56. The molecule has 0 aliphatic rings. The Hall–Kier alpha value is -0.140. The number of hydrogen-bond donors (Lipinski definition) is 2. The van der Waals surface area contributed by atoms with Gasteiger partial charge < -0.3 is 19.9 Å². The number of aliphatic hydroxyl groups excluding tert-OH is 1. The van der Waals surface area contributed by atoms with Crippen LogP contribution in [0.2, 0.25) is 0 Å². The van der Waals surface area contributed by atoms with Crippen molar-refractivity contribution in [3.8, 4) is 5.75 Å². The Balaban J connectivity index is 2.42. The third-order valence-corrected chi connectivity index (χ3v) is 3.78. The van der Waals surface area contributed by atoms with E-state index in [-0.39, 0.29) is 0 Å². The SMILES string of the molecule is COCC(O)CCNCc1cc(Br)c(OC)c(Br)c1. The van der Waals surface area contributed by atoms with Gasteiger partial charge in [-0.05, 0) is 62.5 Å². The molecule has 108 valence electrons. The van der Waals surface area contributed by atoms with Crippen LogP contribution in [0.15, 0.2) is 21.1 Å². The van der Waals surface area contributed by atoms with Gasteiger partial charge >= 0.3 is 0 Å². The van der Waals surface area contributed by atoms with Crippen molar-refractivity contribution in [2.75, 3.05) is 27.4 Å². The normalized spacial score (nSPS) is 12.5. The molecule has 1 atom stereocenters. The Morgan fingerprint density at radius 3 is 2.42 bits per heavy atom. The van der Waals surface area contributed by atoms with Crippen LogP contribution in [0.25, 0.3) is 0 Å². The number of aliphatic hydroxyl groups is 1. The minimum absolute atomic E-state index is 0.376. The second-order valence-electron chi connectivity index (χ2n) is 4.17. The summed E-state index contributed by atoms with van der Waals surface area (Å²) >= 11 is 6.94. The van der Waals surface area contributed by atoms with E-state index >= 15 is 0 Å². The number of benzene rings is 1. The van der Waals surface area contributed by atoms with Crippen molar-refractivity contribution < 1.29 is 14.6 Å². The molecular weight excluding hydrogens is 378 g/mol. The summed E-state index contributed by atoms with van der Waals surface area (Å²) in [5, 5.41) is 12.8. The van der Waals surface area contributed by atoms with E-state index in [1.807, 2.05) is 12.1 Å². The Kier molecular flexibility index (Phi) is 7.94. The van der Waals surface area contributed by atoms with Crippen LogP contribution < -0.4 is 10.1 Å². The molecule has 1 aromatic carbocycles. The lowest BCUT2D eigenvalue weighted by Gasteiger charge is -2.12. The molecule has 4 nitrogen and oxygen atoms in total. The van der Waals surface area contributed by atoms with Gasteiger partial charge in [0.05, 0.1) is 28.8 Å². The molecule has 0 spiro atoms. The minimum atomic E-state index is -0.410. The fourth-order valence-corrected chi connectivity index (χ4v) is 3.29. The van der Waals surface area contributed by atoms with Crippen LogP contribution in [0.3, 0.4) is 0 Å². The second kappa shape index (κ2) is 8.92. The van der Waals surface area contributed by atoms with Crippen molar-refractivity contribution >= 4 is 31.9 Å². The number of ether oxygens (including phenoxy) is 2. The molecular formula is C13H19Br2NO3. The van der Waals surface area contributed by atoms with Gasteiger partial charge in [0.1, 0.15) is 5.75 Å². The van der Waals surface area contributed by atoms with Gasteiger partial charge in [-0.15, -0.1) is 0 Å². The zero-order valence-corrected chi connectivity index (χ0v) is 14.3. The lowest BCUT2D eigenvalue weighted by Crippen LogP contribution is -2.23. The number of methoxy groups -OCH3 is 2. The van der Waals surface area contributed by atoms with Gasteiger partial charge in [-0.25, -0.2) is 0 Å². The van der Waals surface area contributed by atoms with Crippen molar-refractivity contribution in [3.63, 3.8) is 0 Å². The van der Waals surface area contributed by atoms with Crippen molar-refractivity contribution in [3.05, 3.63) is 26.6 Å². The fourth-order valence-electron chi connectivity index (χ4n) is 1.69. The molecule has 0 aliphatic carbocycles. The average Bonchev–Trinajstić information content (AvgIpc) is 2.35. The lowest BCUT2D eigenvalue weighted by molar-refractivity contribution is 0.0594. The molecule has 0 fully saturated rings. The van der Waals surface area contributed by atoms with Crippen LogP contribution in [-0.4, -0.2) is 38.6 Å². The highest BCUT2D eigenvalue weighted by Gasteiger charge is 2.08. The first-order valence-electron chi connectivity index (χ1n) is 5.98. The van der Waals surface area contributed by atoms with E-state index in [0.717, 1.165) is 33.3 Å². The summed E-state index contributed by atoms with van der Waals surface area (Å²) in [7, 11) is 3.23. The predicted octanol–water partition coefficient (Wildman–Crippen LogP) is 2.71. The van der Waals surface area contributed by atoms with E-state index in [0.29, 0.717) is 13.0 Å². The fraction of sp³-hybridized carbons (Fsp3) is 0.538. The minimum Gasteiger partial charge on any atom is -0.494 e. The van der Waals surface area contributed by atoms with Gasteiger partial charge in [0.15, 0.2) is 0 Å².